The molecule has 0 unspecified atom stereocenters. The van der Waals surface area contributed by atoms with E-state index in [1.54, 1.807) is 19.0 Å². The zero-order valence-electron chi connectivity index (χ0n) is 18.1. The molecule has 2 amide bonds. The second kappa shape index (κ2) is 7.71. The normalized spacial score (nSPS) is 15.2. The van der Waals surface area contributed by atoms with Gasteiger partial charge in [-0.05, 0) is 65.9 Å². The lowest BCUT2D eigenvalue weighted by molar-refractivity contribution is -0.118. The van der Waals surface area contributed by atoms with Crippen molar-refractivity contribution in [3.05, 3.63) is 77.9 Å². The van der Waals surface area contributed by atoms with E-state index in [4.69, 9.17) is 9.47 Å². The van der Waals surface area contributed by atoms with Gasteiger partial charge in [-0.25, -0.2) is 0 Å². The molecule has 1 heterocycles. The number of ether oxygens (including phenoxy) is 2. The van der Waals surface area contributed by atoms with Gasteiger partial charge in [-0.1, -0.05) is 30.3 Å². The summed E-state index contributed by atoms with van der Waals surface area (Å²) < 4.78 is 10.8. The average molecular weight is 428 g/mol. The monoisotopic (exact) mass is 428 g/mol. The Labute approximate surface area is 186 Å². The first-order valence-electron chi connectivity index (χ1n) is 10.6. The Morgan fingerprint density at radius 1 is 0.844 bits per heavy atom. The molecule has 1 fully saturated rings. The number of fused-ring (bicyclic) bond motifs is 1. The van der Waals surface area contributed by atoms with Crippen molar-refractivity contribution in [1.82, 2.24) is 4.90 Å². The van der Waals surface area contributed by atoms with Gasteiger partial charge < -0.3 is 19.7 Å². The number of nitrogens with zero attached hydrogens (tertiary/aromatic N) is 1. The van der Waals surface area contributed by atoms with Crippen LogP contribution >= 0.6 is 0 Å². The van der Waals surface area contributed by atoms with Crippen LogP contribution in [0.3, 0.4) is 0 Å². The van der Waals surface area contributed by atoms with Crippen LogP contribution in [0.4, 0.5) is 5.69 Å². The van der Waals surface area contributed by atoms with Crippen molar-refractivity contribution >= 4 is 17.5 Å². The molecular formula is C26H24N2O4. The number of benzene rings is 3. The number of hydrogen-bond acceptors (Lipinski definition) is 4. The van der Waals surface area contributed by atoms with Gasteiger partial charge in [-0.15, -0.1) is 0 Å². The largest absolute Gasteiger partial charge is 0.454 e. The van der Waals surface area contributed by atoms with Crippen LogP contribution in [0.25, 0.3) is 11.1 Å². The molecule has 32 heavy (non-hydrogen) atoms. The third-order valence-electron chi connectivity index (χ3n) is 6.12. The molecule has 1 saturated carbocycles. The molecule has 0 atom stereocenters. The van der Waals surface area contributed by atoms with Gasteiger partial charge in [0.25, 0.3) is 5.91 Å². The number of carbonyl (C=O) groups excluding carboxylic acids is 2. The van der Waals surface area contributed by atoms with Crippen LogP contribution in [-0.2, 0) is 10.2 Å². The molecule has 1 aliphatic heterocycles. The van der Waals surface area contributed by atoms with E-state index in [1.165, 1.54) is 0 Å². The summed E-state index contributed by atoms with van der Waals surface area (Å²) >= 11 is 0. The fourth-order valence-corrected chi connectivity index (χ4v) is 4.03. The molecule has 1 aliphatic carbocycles. The highest BCUT2D eigenvalue weighted by Crippen LogP contribution is 2.51. The lowest BCUT2D eigenvalue weighted by Crippen LogP contribution is -2.27. The van der Waals surface area contributed by atoms with E-state index in [0.717, 1.165) is 41.0 Å². The van der Waals surface area contributed by atoms with Crippen molar-refractivity contribution in [3.8, 4) is 22.6 Å². The molecule has 1 N–H and O–H groups in total. The minimum absolute atomic E-state index is 0.00401. The molecule has 0 spiro atoms. The topological polar surface area (TPSA) is 67.9 Å². The maximum absolute atomic E-state index is 13.1. The van der Waals surface area contributed by atoms with E-state index in [-0.39, 0.29) is 18.6 Å². The minimum Gasteiger partial charge on any atom is -0.454 e. The Balaban J connectivity index is 1.29. The van der Waals surface area contributed by atoms with Gasteiger partial charge >= 0.3 is 0 Å². The van der Waals surface area contributed by atoms with E-state index >= 15 is 0 Å². The zero-order chi connectivity index (χ0) is 22.3. The molecule has 3 aromatic carbocycles. The Morgan fingerprint density at radius 3 is 2.09 bits per heavy atom. The highest BCUT2D eigenvalue weighted by atomic mass is 16.7. The molecule has 5 rings (SSSR count). The number of anilines is 1. The smallest absolute Gasteiger partial charge is 0.253 e. The van der Waals surface area contributed by atoms with E-state index in [9.17, 15) is 9.59 Å². The summed E-state index contributed by atoms with van der Waals surface area (Å²) in [5, 5.41) is 3.06. The summed E-state index contributed by atoms with van der Waals surface area (Å²) in [6.07, 6.45) is 1.63. The fraction of sp³-hybridized carbons (Fsp3) is 0.231. The van der Waals surface area contributed by atoms with Crippen molar-refractivity contribution in [2.45, 2.75) is 18.3 Å². The average Bonchev–Trinajstić information content (AvgIpc) is 3.50. The van der Waals surface area contributed by atoms with Gasteiger partial charge in [0.1, 0.15) is 0 Å². The third kappa shape index (κ3) is 3.58. The van der Waals surface area contributed by atoms with E-state index < -0.39 is 5.41 Å². The quantitative estimate of drug-likeness (QED) is 0.652. The minimum atomic E-state index is -0.505. The van der Waals surface area contributed by atoms with Crippen LogP contribution in [-0.4, -0.2) is 37.6 Å². The maximum Gasteiger partial charge on any atom is 0.253 e. The molecule has 0 radical (unpaired) electrons. The van der Waals surface area contributed by atoms with Crippen molar-refractivity contribution in [2.75, 3.05) is 26.2 Å². The van der Waals surface area contributed by atoms with Crippen molar-refractivity contribution in [3.63, 3.8) is 0 Å². The summed E-state index contributed by atoms with van der Waals surface area (Å²) in [4.78, 5) is 26.7. The Kier molecular flexibility index (Phi) is 4.85. The summed E-state index contributed by atoms with van der Waals surface area (Å²) in [6.45, 7) is 0.221. The van der Waals surface area contributed by atoms with Gasteiger partial charge in [0.05, 0.1) is 5.41 Å². The van der Waals surface area contributed by atoms with Gasteiger partial charge in [-0.2, -0.15) is 0 Å². The van der Waals surface area contributed by atoms with Crippen LogP contribution in [0.2, 0.25) is 0 Å². The number of nitrogens with one attached hydrogen (secondary N) is 1. The van der Waals surface area contributed by atoms with Crippen molar-refractivity contribution in [1.29, 1.82) is 0 Å². The molecular weight excluding hydrogens is 404 g/mol. The first kappa shape index (κ1) is 20.1. The Bertz CT molecular complexity index is 1180. The highest BCUT2D eigenvalue weighted by Gasteiger charge is 2.51. The number of hydrogen-bond donors (Lipinski definition) is 1. The zero-order valence-corrected chi connectivity index (χ0v) is 18.1. The first-order valence-corrected chi connectivity index (χ1v) is 10.6. The molecule has 162 valence electrons. The number of carbonyl (C=O) groups is 2. The number of rotatable bonds is 5. The standard InChI is InChI=1S/C26H24N2O4/c1-28(2)24(29)19-5-3-17(4-6-19)18-7-10-21(11-8-18)27-25(30)26(13-14-26)20-9-12-22-23(15-20)32-16-31-22/h3-12,15H,13-14,16H2,1-2H3,(H,27,30). The fourth-order valence-electron chi connectivity index (χ4n) is 4.03. The Hall–Kier alpha value is -3.80. The van der Waals surface area contributed by atoms with Crippen LogP contribution in [0.1, 0.15) is 28.8 Å². The second-order valence-corrected chi connectivity index (χ2v) is 8.46. The highest BCUT2D eigenvalue weighted by molar-refractivity contribution is 6.01. The predicted molar refractivity (Wildman–Crippen MR) is 122 cm³/mol. The van der Waals surface area contributed by atoms with Crippen molar-refractivity contribution in [2.24, 2.45) is 0 Å². The van der Waals surface area contributed by atoms with Crippen LogP contribution in [0, 0.1) is 0 Å². The van der Waals surface area contributed by atoms with Crippen LogP contribution < -0.4 is 14.8 Å². The molecule has 3 aromatic rings. The van der Waals surface area contributed by atoms with Crippen LogP contribution in [0.15, 0.2) is 66.7 Å². The lowest BCUT2D eigenvalue weighted by Gasteiger charge is -2.16. The SMILES string of the molecule is CN(C)C(=O)c1ccc(-c2ccc(NC(=O)C3(c4ccc5c(c4)OCO5)CC3)cc2)cc1. The van der Waals surface area contributed by atoms with Gasteiger partial charge in [0.15, 0.2) is 11.5 Å². The van der Waals surface area contributed by atoms with Crippen molar-refractivity contribution < 1.29 is 19.1 Å². The molecule has 0 bridgehead atoms. The first-order chi connectivity index (χ1) is 15.5. The maximum atomic E-state index is 13.1. The molecule has 2 aliphatic rings. The van der Waals surface area contributed by atoms with Crippen LogP contribution in [0.5, 0.6) is 11.5 Å². The second-order valence-electron chi connectivity index (χ2n) is 8.46. The molecule has 6 nitrogen and oxygen atoms in total. The molecule has 0 aromatic heterocycles. The molecule has 0 saturated heterocycles. The van der Waals surface area contributed by atoms with E-state index in [1.807, 2.05) is 66.7 Å². The van der Waals surface area contributed by atoms with E-state index in [2.05, 4.69) is 5.32 Å². The summed E-state index contributed by atoms with van der Waals surface area (Å²) in [5.41, 5.74) is 3.89. The summed E-state index contributed by atoms with van der Waals surface area (Å²) in [6, 6.07) is 21.0. The molecule has 6 heteroatoms. The summed E-state index contributed by atoms with van der Waals surface area (Å²) in [7, 11) is 3.48. The summed E-state index contributed by atoms with van der Waals surface area (Å²) in [5.74, 6) is 1.39. The lowest BCUT2D eigenvalue weighted by atomic mass is 9.94. The van der Waals surface area contributed by atoms with Gasteiger partial charge in [0, 0.05) is 25.3 Å². The van der Waals surface area contributed by atoms with E-state index in [0.29, 0.717) is 11.3 Å². The van der Waals surface area contributed by atoms with Gasteiger partial charge in [0.2, 0.25) is 12.7 Å². The third-order valence-corrected chi connectivity index (χ3v) is 6.12. The van der Waals surface area contributed by atoms with Gasteiger partial charge in [-0.3, -0.25) is 9.59 Å². The predicted octanol–water partition coefficient (Wildman–Crippen LogP) is 4.45. The number of amides is 2. The Morgan fingerprint density at radius 2 is 1.47 bits per heavy atom.